The van der Waals surface area contributed by atoms with Crippen LogP contribution in [-0.4, -0.2) is 27.1 Å². The van der Waals surface area contributed by atoms with Gasteiger partial charge >= 0.3 is 5.97 Å². The number of nitro groups is 1. The maximum atomic E-state index is 13.7. The van der Waals surface area contributed by atoms with Crippen LogP contribution in [0.25, 0.3) is 17.4 Å². The molecular formula is C27H22N4O6S. The molecule has 1 aliphatic heterocycles. The van der Waals surface area contributed by atoms with Crippen molar-refractivity contribution in [2.75, 3.05) is 6.61 Å². The summed E-state index contributed by atoms with van der Waals surface area (Å²) in [5.41, 5.74) is 2.23. The van der Waals surface area contributed by atoms with Crippen LogP contribution in [0.3, 0.4) is 0 Å². The zero-order valence-electron chi connectivity index (χ0n) is 20.7. The number of carbonyl (C=O) groups is 1. The molecule has 192 valence electrons. The highest BCUT2D eigenvalue weighted by Crippen LogP contribution is 2.35. The normalized spacial score (nSPS) is 15.2. The highest BCUT2D eigenvalue weighted by atomic mass is 32.1. The zero-order chi connectivity index (χ0) is 27.0. The Hall–Kier alpha value is -4.64. The Morgan fingerprint density at radius 3 is 2.79 bits per heavy atom. The fourth-order valence-electron chi connectivity index (χ4n) is 4.31. The summed E-state index contributed by atoms with van der Waals surface area (Å²) in [6.45, 7) is 5.34. The highest BCUT2D eigenvalue weighted by Gasteiger charge is 2.35. The van der Waals surface area contributed by atoms with E-state index in [4.69, 9.17) is 9.15 Å². The summed E-state index contributed by atoms with van der Waals surface area (Å²) < 4.78 is 13.3. The van der Waals surface area contributed by atoms with E-state index in [9.17, 15) is 19.7 Å². The van der Waals surface area contributed by atoms with Gasteiger partial charge in [0.2, 0.25) is 0 Å². The first-order chi connectivity index (χ1) is 18.3. The van der Waals surface area contributed by atoms with Gasteiger partial charge in [-0.2, -0.15) is 0 Å². The number of thiazole rings is 1. The minimum atomic E-state index is -0.936. The van der Waals surface area contributed by atoms with E-state index in [0.29, 0.717) is 32.1 Å². The number of furan rings is 1. The number of hydrogen-bond donors (Lipinski definition) is 0. The Morgan fingerprint density at radius 2 is 2.08 bits per heavy atom. The number of nitrogens with zero attached hydrogens (tertiary/aromatic N) is 4. The summed E-state index contributed by atoms with van der Waals surface area (Å²) in [6, 6.07) is 10.5. The number of hydrogen-bond acceptors (Lipinski definition) is 9. The van der Waals surface area contributed by atoms with Gasteiger partial charge in [0.05, 0.1) is 27.3 Å². The van der Waals surface area contributed by atoms with Crippen molar-refractivity contribution in [1.82, 2.24) is 9.55 Å². The topological polar surface area (TPSA) is 130 Å². The van der Waals surface area contributed by atoms with Gasteiger partial charge in [0, 0.05) is 30.1 Å². The number of rotatable bonds is 6. The van der Waals surface area contributed by atoms with Gasteiger partial charge in [-0.15, -0.1) is 0 Å². The second-order valence-corrected chi connectivity index (χ2v) is 9.56. The largest absolute Gasteiger partial charge is 0.463 e. The summed E-state index contributed by atoms with van der Waals surface area (Å²) in [5, 5.41) is 11.3. The number of allylic oxidation sites excluding steroid dienone is 1. The van der Waals surface area contributed by atoms with Gasteiger partial charge in [0.25, 0.3) is 11.2 Å². The number of fused-ring (bicyclic) bond motifs is 1. The molecule has 4 heterocycles. The number of non-ortho nitro benzene ring substituents is 1. The molecule has 1 aromatic carbocycles. The smallest absolute Gasteiger partial charge is 0.338 e. The third-order valence-electron chi connectivity index (χ3n) is 6.09. The third-order valence-corrected chi connectivity index (χ3v) is 7.08. The second kappa shape index (κ2) is 10.0. The average Bonchev–Trinajstić information content (AvgIpc) is 3.49. The van der Waals surface area contributed by atoms with Crippen molar-refractivity contribution in [1.29, 1.82) is 0 Å². The predicted octanol–water partition coefficient (Wildman–Crippen LogP) is 3.67. The van der Waals surface area contributed by atoms with Gasteiger partial charge in [0.1, 0.15) is 17.6 Å². The van der Waals surface area contributed by atoms with Crippen LogP contribution >= 0.6 is 11.3 Å². The van der Waals surface area contributed by atoms with Gasteiger partial charge in [-0.25, -0.2) is 9.79 Å². The number of ether oxygens (including phenoxy) is 1. The first kappa shape index (κ1) is 25.0. The number of esters is 1. The molecule has 0 bridgehead atoms. The molecule has 5 rings (SSSR count). The summed E-state index contributed by atoms with van der Waals surface area (Å²) >= 11 is 1.19. The van der Waals surface area contributed by atoms with Gasteiger partial charge < -0.3 is 9.15 Å². The fraction of sp³-hybridized carbons (Fsp3) is 0.185. The van der Waals surface area contributed by atoms with Gasteiger partial charge in [-0.3, -0.25) is 24.5 Å². The lowest BCUT2D eigenvalue weighted by Crippen LogP contribution is -2.39. The standard InChI is InChI=1S/C27H22N4O6S/c1-4-36-26(33)23-16(3)29-27-30(25(32)22(38-27)12-17-6-5-11-28-14-17)24(23)21-10-9-20(37-21)19-13-18(31(34)35)8-7-15(19)2/h5-14,24H,4H2,1-3H3/b22-12-/t24-/m1/s1. The molecular weight excluding hydrogens is 508 g/mol. The molecule has 0 amide bonds. The SMILES string of the molecule is CCOC(=O)C1=C(C)N=c2s/c(=C\c3cccnc3)c(=O)n2[C@@H]1c1ccc(-c2cc([N+](=O)[O-])ccc2C)o1. The van der Waals surface area contributed by atoms with E-state index in [-0.39, 0.29) is 23.4 Å². The Labute approximate surface area is 220 Å². The van der Waals surface area contributed by atoms with Crippen LogP contribution in [0.4, 0.5) is 5.69 Å². The van der Waals surface area contributed by atoms with Crippen LogP contribution < -0.4 is 14.9 Å². The molecule has 0 spiro atoms. The van der Waals surface area contributed by atoms with Crippen LogP contribution in [0.5, 0.6) is 0 Å². The fourth-order valence-corrected chi connectivity index (χ4v) is 5.35. The van der Waals surface area contributed by atoms with E-state index in [2.05, 4.69) is 9.98 Å². The number of nitro benzene ring substituents is 1. The van der Waals surface area contributed by atoms with Crippen molar-refractivity contribution in [3.63, 3.8) is 0 Å². The molecule has 0 saturated carbocycles. The van der Waals surface area contributed by atoms with Crippen LogP contribution in [0.2, 0.25) is 0 Å². The molecule has 0 saturated heterocycles. The monoisotopic (exact) mass is 530 g/mol. The summed E-state index contributed by atoms with van der Waals surface area (Å²) in [7, 11) is 0. The first-order valence-electron chi connectivity index (χ1n) is 11.7. The van der Waals surface area contributed by atoms with Crippen LogP contribution in [0.15, 0.2) is 80.3 Å². The van der Waals surface area contributed by atoms with E-state index in [1.807, 2.05) is 13.0 Å². The number of pyridine rings is 1. The quantitative estimate of drug-likeness (QED) is 0.211. The number of aromatic nitrogens is 2. The Balaban J connectivity index is 1.70. The summed E-state index contributed by atoms with van der Waals surface area (Å²) in [6.07, 6.45) is 5.01. The van der Waals surface area contributed by atoms with Gasteiger partial charge in [-0.05, 0) is 56.2 Å². The molecule has 1 atom stereocenters. The van der Waals surface area contributed by atoms with E-state index in [1.165, 1.54) is 28.0 Å². The zero-order valence-corrected chi connectivity index (χ0v) is 21.5. The van der Waals surface area contributed by atoms with Crippen LogP contribution in [0.1, 0.15) is 36.8 Å². The van der Waals surface area contributed by atoms with E-state index in [0.717, 1.165) is 11.1 Å². The van der Waals surface area contributed by atoms with Gasteiger partial charge in [0.15, 0.2) is 4.80 Å². The Bertz CT molecular complexity index is 1780. The lowest BCUT2D eigenvalue weighted by molar-refractivity contribution is -0.384. The molecule has 1 aliphatic rings. The molecule has 0 radical (unpaired) electrons. The van der Waals surface area contributed by atoms with Crippen molar-refractivity contribution >= 4 is 29.1 Å². The number of benzene rings is 1. The van der Waals surface area contributed by atoms with E-state index in [1.54, 1.807) is 56.6 Å². The molecule has 38 heavy (non-hydrogen) atoms. The lowest BCUT2D eigenvalue weighted by atomic mass is 10.0. The number of aryl methyl sites for hydroxylation is 1. The van der Waals surface area contributed by atoms with Crippen molar-refractivity contribution in [3.8, 4) is 11.3 Å². The minimum Gasteiger partial charge on any atom is -0.463 e. The summed E-state index contributed by atoms with van der Waals surface area (Å²) in [4.78, 5) is 46.6. The van der Waals surface area contributed by atoms with Crippen molar-refractivity contribution in [3.05, 3.63) is 113 Å². The van der Waals surface area contributed by atoms with Gasteiger partial charge in [-0.1, -0.05) is 23.5 Å². The molecule has 0 N–H and O–H groups in total. The van der Waals surface area contributed by atoms with E-state index < -0.39 is 16.9 Å². The summed E-state index contributed by atoms with van der Waals surface area (Å²) in [5.74, 6) is 0.0682. The Morgan fingerprint density at radius 1 is 1.26 bits per heavy atom. The predicted molar refractivity (Wildman–Crippen MR) is 140 cm³/mol. The lowest BCUT2D eigenvalue weighted by Gasteiger charge is -2.22. The highest BCUT2D eigenvalue weighted by molar-refractivity contribution is 7.07. The third kappa shape index (κ3) is 4.48. The van der Waals surface area contributed by atoms with E-state index >= 15 is 0 Å². The molecule has 0 unspecified atom stereocenters. The molecule has 3 aromatic heterocycles. The minimum absolute atomic E-state index is 0.0742. The number of carbonyl (C=O) groups excluding carboxylic acids is 1. The van der Waals surface area contributed by atoms with Crippen LogP contribution in [0, 0.1) is 17.0 Å². The second-order valence-electron chi connectivity index (χ2n) is 8.55. The molecule has 0 aliphatic carbocycles. The molecule has 11 heteroatoms. The first-order valence-corrected chi connectivity index (χ1v) is 12.5. The van der Waals surface area contributed by atoms with Crippen molar-refractivity contribution in [2.24, 2.45) is 4.99 Å². The van der Waals surface area contributed by atoms with Crippen molar-refractivity contribution < 1.29 is 18.9 Å². The molecule has 4 aromatic rings. The maximum absolute atomic E-state index is 13.7. The van der Waals surface area contributed by atoms with Crippen molar-refractivity contribution in [2.45, 2.75) is 26.8 Å². The molecule has 10 nitrogen and oxygen atoms in total. The average molecular weight is 531 g/mol. The molecule has 0 fully saturated rings. The van der Waals surface area contributed by atoms with Crippen LogP contribution in [-0.2, 0) is 9.53 Å². The Kier molecular flexibility index (Phi) is 6.60. The maximum Gasteiger partial charge on any atom is 0.338 e.